The number of nitrogens with zero attached hydrogens (tertiary/aromatic N) is 1. The lowest BCUT2D eigenvalue weighted by atomic mass is 9.85. The van der Waals surface area contributed by atoms with Crippen LogP contribution >= 0.6 is 0 Å². The Hall–Kier alpha value is -1.15. The van der Waals surface area contributed by atoms with Crippen LogP contribution in [0.2, 0.25) is 0 Å². The monoisotopic (exact) mass is 271 g/mol. The van der Waals surface area contributed by atoms with Gasteiger partial charge in [-0.3, -0.25) is 9.69 Å². The molecule has 0 aromatic heterocycles. The van der Waals surface area contributed by atoms with E-state index in [1.54, 1.807) is 0 Å². The Morgan fingerprint density at radius 3 is 2.80 bits per heavy atom. The van der Waals surface area contributed by atoms with Crippen molar-refractivity contribution in [2.75, 3.05) is 13.1 Å². The lowest BCUT2D eigenvalue weighted by molar-refractivity contribution is 0.0895. The molecule has 1 aliphatic heterocycles. The Morgan fingerprint density at radius 2 is 2.00 bits per heavy atom. The topological polar surface area (TPSA) is 20.3 Å². The van der Waals surface area contributed by atoms with Crippen LogP contribution in [0.25, 0.3) is 0 Å². The molecule has 2 heteroatoms. The van der Waals surface area contributed by atoms with Crippen LogP contribution in [0.4, 0.5) is 0 Å². The number of benzene rings is 1. The van der Waals surface area contributed by atoms with Crippen LogP contribution in [-0.2, 0) is 0 Å². The van der Waals surface area contributed by atoms with E-state index in [0.29, 0.717) is 18.4 Å². The summed E-state index contributed by atoms with van der Waals surface area (Å²) < 4.78 is 0. The van der Waals surface area contributed by atoms with Crippen molar-refractivity contribution >= 4 is 5.78 Å². The van der Waals surface area contributed by atoms with E-state index >= 15 is 0 Å². The second-order valence-electron chi connectivity index (χ2n) is 6.61. The molecule has 1 aromatic rings. The van der Waals surface area contributed by atoms with Crippen LogP contribution in [0.5, 0.6) is 0 Å². The summed E-state index contributed by atoms with van der Waals surface area (Å²) >= 11 is 0. The number of hydrogen-bond donors (Lipinski definition) is 0. The Bertz CT molecular complexity index is 508. The Labute approximate surface area is 122 Å². The normalized spacial score (nSPS) is 26.5. The smallest absolute Gasteiger partial charge is 0.177 e. The maximum Gasteiger partial charge on any atom is 0.177 e. The summed E-state index contributed by atoms with van der Waals surface area (Å²) in [4.78, 5) is 15.0. The summed E-state index contributed by atoms with van der Waals surface area (Å²) in [6.45, 7) is 5.86. The van der Waals surface area contributed by atoms with Crippen LogP contribution in [0.1, 0.15) is 53.6 Å². The lowest BCUT2D eigenvalue weighted by Gasteiger charge is -2.31. The first kappa shape index (κ1) is 13.8. The van der Waals surface area contributed by atoms with Gasteiger partial charge < -0.3 is 0 Å². The number of likely N-dealkylation sites (tertiary alicyclic amines) is 1. The van der Waals surface area contributed by atoms with Gasteiger partial charge in [0.15, 0.2) is 5.78 Å². The molecule has 2 fully saturated rings. The van der Waals surface area contributed by atoms with Crippen LogP contribution in [-0.4, -0.2) is 29.8 Å². The predicted molar refractivity (Wildman–Crippen MR) is 82.2 cm³/mol. The molecule has 2 aliphatic rings. The van der Waals surface area contributed by atoms with Crippen molar-refractivity contribution in [1.82, 2.24) is 4.90 Å². The number of carbonyl (C=O) groups excluding carboxylic acids is 1. The van der Waals surface area contributed by atoms with Crippen molar-refractivity contribution in [3.8, 4) is 0 Å². The van der Waals surface area contributed by atoms with Gasteiger partial charge in [0.05, 0.1) is 6.54 Å². The fourth-order valence-electron chi connectivity index (χ4n) is 4.10. The van der Waals surface area contributed by atoms with Crippen LogP contribution in [0.3, 0.4) is 0 Å². The Morgan fingerprint density at radius 1 is 1.20 bits per heavy atom. The van der Waals surface area contributed by atoms with E-state index in [1.807, 2.05) is 19.1 Å². The first-order chi connectivity index (χ1) is 9.65. The molecule has 20 heavy (non-hydrogen) atoms. The zero-order valence-electron chi connectivity index (χ0n) is 12.7. The third-order valence-corrected chi connectivity index (χ3v) is 5.15. The second-order valence-corrected chi connectivity index (χ2v) is 6.61. The van der Waals surface area contributed by atoms with E-state index in [9.17, 15) is 4.79 Å². The van der Waals surface area contributed by atoms with Gasteiger partial charge in [-0.05, 0) is 51.1 Å². The molecule has 1 aromatic carbocycles. The average molecular weight is 271 g/mol. The van der Waals surface area contributed by atoms with Gasteiger partial charge in [-0.15, -0.1) is 0 Å². The molecule has 1 saturated carbocycles. The third kappa shape index (κ3) is 2.67. The molecule has 0 amide bonds. The predicted octanol–water partition coefficient (Wildman–Crippen LogP) is 3.75. The molecule has 108 valence electrons. The van der Waals surface area contributed by atoms with E-state index in [4.69, 9.17) is 0 Å². The molecule has 1 aliphatic carbocycles. The quantitative estimate of drug-likeness (QED) is 0.780. The molecule has 1 heterocycles. The van der Waals surface area contributed by atoms with Crippen molar-refractivity contribution in [3.05, 3.63) is 34.9 Å². The van der Waals surface area contributed by atoms with E-state index in [2.05, 4.69) is 17.9 Å². The molecule has 2 unspecified atom stereocenters. The van der Waals surface area contributed by atoms with Gasteiger partial charge in [-0.1, -0.05) is 36.6 Å². The minimum absolute atomic E-state index is 0.300. The Kier molecular flexibility index (Phi) is 3.93. The first-order valence-corrected chi connectivity index (χ1v) is 7.99. The fourth-order valence-corrected chi connectivity index (χ4v) is 4.10. The van der Waals surface area contributed by atoms with Gasteiger partial charge in [0.2, 0.25) is 0 Å². The maximum atomic E-state index is 12.6. The van der Waals surface area contributed by atoms with E-state index in [0.717, 1.165) is 23.6 Å². The zero-order chi connectivity index (χ0) is 14.1. The highest BCUT2D eigenvalue weighted by Crippen LogP contribution is 2.36. The highest BCUT2D eigenvalue weighted by Gasteiger charge is 2.36. The molecule has 1 saturated heterocycles. The van der Waals surface area contributed by atoms with Crippen molar-refractivity contribution in [2.45, 2.75) is 52.0 Å². The molecule has 0 spiro atoms. The molecular weight excluding hydrogens is 246 g/mol. The zero-order valence-corrected chi connectivity index (χ0v) is 12.7. The highest BCUT2D eigenvalue weighted by atomic mass is 16.1. The van der Waals surface area contributed by atoms with Gasteiger partial charge in [0.1, 0.15) is 0 Å². The SMILES string of the molecule is Cc1ccc(C(=O)CN2CCC3CCCCC32)c(C)c1. The number of Topliss-reactive ketones (excluding diaryl/α,β-unsaturated/α-hetero) is 1. The largest absolute Gasteiger partial charge is 0.293 e. The van der Waals surface area contributed by atoms with Crippen LogP contribution < -0.4 is 0 Å². The van der Waals surface area contributed by atoms with Crippen molar-refractivity contribution in [2.24, 2.45) is 5.92 Å². The molecule has 0 bridgehead atoms. The minimum atomic E-state index is 0.300. The van der Waals surface area contributed by atoms with Gasteiger partial charge >= 0.3 is 0 Å². The van der Waals surface area contributed by atoms with E-state index < -0.39 is 0 Å². The van der Waals surface area contributed by atoms with Crippen molar-refractivity contribution < 1.29 is 4.79 Å². The van der Waals surface area contributed by atoms with Crippen molar-refractivity contribution in [1.29, 1.82) is 0 Å². The molecule has 0 N–H and O–H groups in total. The Balaban J connectivity index is 1.69. The first-order valence-electron chi connectivity index (χ1n) is 7.99. The van der Waals surface area contributed by atoms with E-state index in [1.165, 1.54) is 37.7 Å². The lowest BCUT2D eigenvalue weighted by Crippen LogP contribution is -2.38. The highest BCUT2D eigenvalue weighted by molar-refractivity contribution is 5.99. The van der Waals surface area contributed by atoms with Gasteiger partial charge in [-0.25, -0.2) is 0 Å². The van der Waals surface area contributed by atoms with Crippen molar-refractivity contribution in [3.63, 3.8) is 0 Å². The number of aryl methyl sites for hydroxylation is 2. The number of rotatable bonds is 3. The molecule has 3 rings (SSSR count). The summed E-state index contributed by atoms with van der Waals surface area (Å²) in [5.74, 6) is 1.16. The van der Waals surface area contributed by atoms with Gasteiger partial charge in [0.25, 0.3) is 0 Å². The molecule has 0 radical (unpaired) electrons. The third-order valence-electron chi connectivity index (χ3n) is 5.15. The van der Waals surface area contributed by atoms with Gasteiger partial charge in [0, 0.05) is 11.6 Å². The molecule has 2 atom stereocenters. The molecular formula is C18H25NO. The summed E-state index contributed by atoms with van der Waals surface area (Å²) in [5.41, 5.74) is 3.26. The summed E-state index contributed by atoms with van der Waals surface area (Å²) in [6, 6.07) is 6.84. The van der Waals surface area contributed by atoms with Crippen LogP contribution in [0.15, 0.2) is 18.2 Å². The summed E-state index contributed by atoms with van der Waals surface area (Å²) in [5, 5.41) is 0. The second kappa shape index (κ2) is 5.69. The fraction of sp³-hybridized carbons (Fsp3) is 0.611. The maximum absolute atomic E-state index is 12.6. The number of hydrogen-bond acceptors (Lipinski definition) is 2. The summed E-state index contributed by atoms with van der Waals surface area (Å²) in [6.07, 6.45) is 6.70. The minimum Gasteiger partial charge on any atom is -0.293 e. The number of carbonyl (C=O) groups is 1. The summed E-state index contributed by atoms with van der Waals surface area (Å²) in [7, 11) is 0. The van der Waals surface area contributed by atoms with Gasteiger partial charge in [-0.2, -0.15) is 0 Å². The number of fused-ring (bicyclic) bond motifs is 1. The van der Waals surface area contributed by atoms with E-state index in [-0.39, 0.29) is 0 Å². The molecule has 2 nitrogen and oxygen atoms in total. The number of ketones is 1. The standard InChI is InChI=1S/C18H25NO/c1-13-7-8-16(14(2)11-13)18(20)12-19-10-9-15-5-3-4-6-17(15)19/h7-8,11,15,17H,3-6,9-10,12H2,1-2H3. The van der Waals surface area contributed by atoms with Crippen LogP contribution in [0, 0.1) is 19.8 Å². The average Bonchev–Trinajstić information content (AvgIpc) is 2.82.